The first-order valence-electron chi connectivity index (χ1n) is 14.3. The molecule has 0 nitrogen and oxygen atoms in total. The summed E-state index contributed by atoms with van der Waals surface area (Å²) in [7, 11) is 0.777. The summed E-state index contributed by atoms with van der Waals surface area (Å²) >= 11 is 0. The van der Waals surface area contributed by atoms with Crippen molar-refractivity contribution in [2.24, 2.45) is 0 Å². The topological polar surface area (TPSA) is 0 Å². The van der Waals surface area contributed by atoms with E-state index in [1.54, 1.807) is 0 Å². The summed E-state index contributed by atoms with van der Waals surface area (Å²) in [5.41, 5.74) is 0. The van der Waals surface area contributed by atoms with Crippen LogP contribution >= 0.6 is 0 Å². The van der Waals surface area contributed by atoms with Gasteiger partial charge in [0.05, 0.1) is 0 Å². The Kier molecular flexibility index (Phi) is 16.6. The molecule has 0 unspecified atom stereocenters. The first-order chi connectivity index (χ1) is 21.4. The molecule has 0 fully saturated rings. The molecule has 2 radical (unpaired) electrons. The van der Waals surface area contributed by atoms with E-state index in [9.17, 15) is 0 Å². The Bertz CT molecular complexity index is 1520. The molecule has 210 valence electrons. The van der Waals surface area contributed by atoms with Crippen molar-refractivity contribution in [3.8, 4) is 0 Å². The fourth-order valence-corrected chi connectivity index (χ4v) is 5.08. The predicted molar refractivity (Wildman–Crippen MR) is 188 cm³/mol. The molecule has 2 heteroatoms. The minimum absolute atomic E-state index is 0. The van der Waals surface area contributed by atoms with Gasteiger partial charge in [0.15, 0.2) is 0 Å². The van der Waals surface area contributed by atoms with Crippen molar-refractivity contribution < 1.29 is 26.2 Å². The maximum Gasteiger partial charge on any atom is 4.00 e. The van der Waals surface area contributed by atoms with E-state index in [-0.39, 0.29) is 26.2 Å². The van der Waals surface area contributed by atoms with Crippen LogP contribution in [-0.2, 0) is 26.2 Å². The maximum absolute atomic E-state index is 2.89. The third kappa shape index (κ3) is 13.3. The second kappa shape index (κ2) is 21.3. The smallest absolute Gasteiger partial charge is 0.184 e. The van der Waals surface area contributed by atoms with Crippen LogP contribution in [0.3, 0.4) is 0 Å². The van der Waals surface area contributed by atoms with Gasteiger partial charge in [-0.05, 0) is 0 Å². The van der Waals surface area contributed by atoms with Crippen molar-refractivity contribution in [3.05, 3.63) is 218 Å². The average molecular weight is 658 g/mol. The first-order valence-corrected chi connectivity index (χ1v) is 15.3. The van der Waals surface area contributed by atoms with E-state index in [2.05, 4.69) is 158 Å². The fourth-order valence-electron chi connectivity index (χ4n) is 4.03. The Labute approximate surface area is 284 Å². The van der Waals surface area contributed by atoms with Gasteiger partial charge in [-0.3, -0.25) is 0 Å². The van der Waals surface area contributed by atoms with Crippen molar-refractivity contribution in [1.82, 2.24) is 0 Å². The summed E-state index contributed by atoms with van der Waals surface area (Å²) in [5, 5.41) is 8.12. The Morgan fingerprint density at radius 1 is 0.364 bits per heavy atom. The second-order valence-corrected chi connectivity index (χ2v) is 10.7. The Morgan fingerprint density at radius 2 is 0.705 bits per heavy atom. The molecule has 0 aliphatic carbocycles. The minimum atomic E-state index is 0. The molecule has 0 heterocycles. The Hall–Kier alpha value is -4.36. The molecule has 0 spiro atoms. The van der Waals surface area contributed by atoms with Gasteiger partial charge < -0.3 is 0 Å². The molecular weight excluding hydrogens is 624 g/mol. The molecule has 8 aromatic rings. The number of benzene rings is 6. The van der Waals surface area contributed by atoms with Gasteiger partial charge >= 0.3 is 26.2 Å². The molecule has 0 N–H and O–H groups in total. The molecule has 0 amide bonds. The normalized spacial score (nSPS) is 9.27. The van der Waals surface area contributed by atoms with Gasteiger partial charge in [0.25, 0.3) is 0 Å². The molecule has 0 atom stereocenters. The van der Waals surface area contributed by atoms with E-state index in [0.29, 0.717) is 0 Å². The van der Waals surface area contributed by atoms with Gasteiger partial charge in [0.2, 0.25) is 0 Å². The van der Waals surface area contributed by atoms with Gasteiger partial charge in [0, 0.05) is 0 Å². The molecule has 44 heavy (non-hydrogen) atoms. The second-order valence-electron chi connectivity index (χ2n) is 9.32. The predicted octanol–water partition coefficient (Wildman–Crippen LogP) is 9.43. The quantitative estimate of drug-likeness (QED) is 0.128. The van der Waals surface area contributed by atoms with Crippen molar-refractivity contribution in [2.75, 3.05) is 0 Å². The van der Waals surface area contributed by atoms with Crippen LogP contribution in [0.25, 0.3) is 21.5 Å². The van der Waals surface area contributed by atoms with E-state index in [4.69, 9.17) is 0 Å². The van der Waals surface area contributed by atoms with Crippen molar-refractivity contribution >= 4 is 41.4 Å². The summed E-state index contributed by atoms with van der Waals surface area (Å²) in [6.45, 7) is 0. The summed E-state index contributed by atoms with van der Waals surface area (Å²) in [4.78, 5) is 0. The van der Waals surface area contributed by atoms with Crippen molar-refractivity contribution in [1.29, 1.82) is 0 Å². The zero-order chi connectivity index (χ0) is 29.6. The first kappa shape index (κ1) is 34.1. The molecule has 8 aromatic carbocycles. The Morgan fingerprint density at radius 3 is 1.02 bits per heavy atom. The standard InChI is InChI=1S/C12H10Si.2C9H7.2C6H5.Zr/c1-3-7-11(8-4-1)13-12-9-5-2-6-10-12;2*1-2-5-9-7-3-6-8(9)4-1;2*1-2-4-6-5-3-1;/h1-10H;2*1-7H;2*1-5H;/q;4*-1;+4. The largest absolute Gasteiger partial charge is 4.00 e. The molecule has 8 rings (SSSR count). The average Bonchev–Trinajstić information content (AvgIpc) is 3.79. The SMILES string of the molecule is [Zr+4].[c-]1ccccc1.[c-]1ccccc1.c1ccc([Si]c2ccccc2)cc1.c1ccc2[cH-]ccc2c1.c1ccc2[cH-]ccc2c1. The van der Waals surface area contributed by atoms with Crippen LogP contribution < -0.4 is 10.4 Å². The Balaban J connectivity index is 0.000000154. The molecular formula is C42H34SiZr. The van der Waals surface area contributed by atoms with Crippen LogP contribution in [0.1, 0.15) is 0 Å². The van der Waals surface area contributed by atoms with Crippen LogP contribution in [0.4, 0.5) is 0 Å². The minimum Gasteiger partial charge on any atom is -0.184 e. The van der Waals surface area contributed by atoms with E-state index >= 15 is 0 Å². The van der Waals surface area contributed by atoms with E-state index < -0.39 is 0 Å². The van der Waals surface area contributed by atoms with E-state index in [1.807, 2.05) is 60.7 Å². The molecule has 0 bridgehead atoms. The fraction of sp³-hybridized carbons (Fsp3) is 0. The molecule has 0 saturated carbocycles. The van der Waals surface area contributed by atoms with E-state index in [1.165, 1.54) is 31.9 Å². The van der Waals surface area contributed by atoms with E-state index in [0.717, 1.165) is 9.52 Å². The van der Waals surface area contributed by atoms with Crippen molar-refractivity contribution in [3.63, 3.8) is 0 Å². The summed E-state index contributed by atoms with van der Waals surface area (Å²) in [5.74, 6) is 0. The zero-order valence-corrected chi connectivity index (χ0v) is 28.1. The monoisotopic (exact) mass is 656 g/mol. The van der Waals surface area contributed by atoms with Crippen molar-refractivity contribution in [2.45, 2.75) is 0 Å². The van der Waals surface area contributed by atoms with Crippen LogP contribution in [0.5, 0.6) is 0 Å². The number of fused-ring (bicyclic) bond motifs is 2. The number of hydrogen-bond donors (Lipinski definition) is 0. The van der Waals surface area contributed by atoms with Crippen LogP contribution in [0, 0.1) is 12.1 Å². The molecule has 0 aromatic heterocycles. The van der Waals surface area contributed by atoms with Gasteiger partial charge in [-0.15, -0.1) is 59.3 Å². The molecule has 0 saturated heterocycles. The molecule has 0 aliphatic rings. The maximum atomic E-state index is 2.89. The van der Waals surface area contributed by atoms with Gasteiger partial charge in [0.1, 0.15) is 9.52 Å². The van der Waals surface area contributed by atoms with Gasteiger partial charge in [-0.2, -0.15) is 108 Å². The summed E-state index contributed by atoms with van der Waals surface area (Å²) in [6, 6.07) is 75.5. The van der Waals surface area contributed by atoms with Gasteiger partial charge in [-0.1, -0.05) is 83.2 Å². The van der Waals surface area contributed by atoms with Crippen LogP contribution in [0.2, 0.25) is 0 Å². The third-order valence-electron chi connectivity index (χ3n) is 6.15. The van der Waals surface area contributed by atoms with Gasteiger partial charge in [-0.25, -0.2) is 0 Å². The van der Waals surface area contributed by atoms with Crippen LogP contribution in [0.15, 0.2) is 206 Å². The summed E-state index contributed by atoms with van der Waals surface area (Å²) < 4.78 is 0. The summed E-state index contributed by atoms with van der Waals surface area (Å²) in [6.07, 6.45) is 0. The zero-order valence-electron chi connectivity index (χ0n) is 24.6. The third-order valence-corrected chi connectivity index (χ3v) is 7.39. The number of rotatable bonds is 2. The van der Waals surface area contributed by atoms with Crippen LogP contribution in [-0.4, -0.2) is 9.52 Å². The molecule has 0 aliphatic heterocycles. The number of hydrogen-bond acceptors (Lipinski definition) is 0.